The van der Waals surface area contributed by atoms with Crippen molar-refractivity contribution in [1.29, 1.82) is 0 Å². The molecule has 0 saturated carbocycles. The molecule has 2 aromatic rings. The zero-order valence-electron chi connectivity index (χ0n) is 15.8. The number of fused-ring (bicyclic) bond motifs is 1. The molecular weight excluding hydrogens is 390 g/mol. The second-order valence-corrected chi connectivity index (χ2v) is 7.50. The van der Waals surface area contributed by atoms with E-state index in [1.54, 1.807) is 4.90 Å². The van der Waals surface area contributed by atoms with Crippen LogP contribution in [0.5, 0.6) is 0 Å². The van der Waals surface area contributed by atoms with E-state index >= 15 is 0 Å². The molecule has 0 bridgehead atoms. The van der Waals surface area contributed by atoms with Crippen LogP contribution in [0.2, 0.25) is 0 Å². The Balaban J connectivity index is 1.63. The lowest BCUT2D eigenvalue weighted by molar-refractivity contribution is -0.173. The molecule has 4 rings (SSSR count). The maximum absolute atomic E-state index is 13.7. The first-order valence-electron chi connectivity index (χ1n) is 9.38. The fraction of sp³-hybridized carbons (Fsp3) is 0.474. The maximum Gasteiger partial charge on any atom is 0.410 e. The van der Waals surface area contributed by atoms with Crippen LogP contribution in [-0.2, 0) is 0 Å². The Morgan fingerprint density at radius 1 is 1.14 bits per heavy atom. The van der Waals surface area contributed by atoms with Gasteiger partial charge in [0.1, 0.15) is 11.6 Å². The summed E-state index contributed by atoms with van der Waals surface area (Å²) >= 11 is 0. The molecule has 2 aliphatic rings. The molecule has 1 saturated heterocycles. The van der Waals surface area contributed by atoms with E-state index in [1.807, 2.05) is 7.05 Å². The van der Waals surface area contributed by atoms with Gasteiger partial charge in [0.2, 0.25) is 0 Å². The monoisotopic (exact) mass is 411 g/mol. The van der Waals surface area contributed by atoms with Crippen LogP contribution in [0.1, 0.15) is 34.6 Å². The Morgan fingerprint density at radius 2 is 1.79 bits per heavy atom. The Kier molecular flexibility index (Phi) is 4.97. The van der Waals surface area contributed by atoms with Gasteiger partial charge >= 0.3 is 6.18 Å². The molecule has 1 aromatic carbocycles. The average molecular weight is 411 g/mol. The molecule has 10 heteroatoms. The van der Waals surface area contributed by atoms with Crippen LogP contribution in [0.4, 0.5) is 23.4 Å². The molecule has 156 valence electrons. The highest BCUT2D eigenvalue weighted by atomic mass is 19.4. The summed E-state index contributed by atoms with van der Waals surface area (Å²) in [6.45, 7) is 2.42. The van der Waals surface area contributed by atoms with E-state index in [1.165, 1.54) is 30.3 Å². The number of anilines is 1. The van der Waals surface area contributed by atoms with Gasteiger partial charge < -0.3 is 15.1 Å². The fourth-order valence-electron chi connectivity index (χ4n) is 3.76. The smallest absolute Gasteiger partial charge is 0.363 e. The fourth-order valence-corrected chi connectivity index (χ4v) is 3.76. The van der Waals surface area contributed by atoms with Gasteiger partial charge in [-0.25, -0.2) is 9.07 Å². The first kappa shape index (κ1) is 19.7. The molecule has 2 aliphatic heterocycles. The van der Waals surface area contributed by atoms with Gasteiger partial charge in [-0.1, -0.05) is 12.1 Å². The number of aromatic nitrogens is 2. The molecule has 0 unspecified atom stereocenters. The molecule has 2 atom stereocenters. The number of amides is 1. The van der Waals surface area contributed by atoms with Crippen molar-refractivity contribution in [2.24, 2.45) is 0 Å². The lowest BCUT2D eigenvalue weighted by Crippen LogP contribution is -2.47. The molecule has 29 heavy (non-hydrogen) atoms. The first-order valence-corrected chi connectivity index (χ1v) is 9.38. The van der Waals surface area contributed by atoms with Crippen molar-refractivity contribution in [2.45, 2.75) is 24.7 Å². The summed E-state index contributed by atoms with van der Waals surface area (Å²) in [5.41, 5.74) is 0.533. The van der Waals surface area contributed by atoms with Gasteiger partial charge in [-0.2, -0.15) is 18.3 Å². The van der Waals surface area contributed by atoms with Crippen molar-refractivity contribution in [2.75, 3.05) is 38.5 Å². The average Bonchev–Trinajstić information content (AvgIpc) is 3.11. The van der Waals surface area contributed by atoms with E-state index in [4.69, 9.17) is 0 Å². The van der Waals surface area contributed by atoms with Gasteiger partial charge in [0.05, 0.1) is 6.04 Å². The van der Waals surface area contributed by atoms with Crippen LogP contribution in [0.25, 0.3) is 0 Å². The van der Waals surface area contributed by atoms with Crippen LogP contribution in [0, 0.1) is 5.82 Å². The lowest BCUT2D eigenvalue weighted by atomic mass is 9.97. The second kappa shape index (κ2) is 7.33. The number of likely N-dealkylation sites (N-methyl/N-ethyl adjacent to an activating group) is 1. The maximum atomic E-state index is 13.7. The second-order valence-electron chi connectivity index (χ2n) is 7.50. The van der Waals surface area contributed by atoms with Crippen LogP contribution >= 0.6 is 0 Å². The van der Waals surface area contributed by atoms with E-state index in [0.29, 0.717) is 31.7 Å². The van der Waals surface area contributed by atoms with Crippen molar-refractivity contribution >= 4 is 11.7 Å². The summed E-state index contributed by atoms with van der Waals surface area (Å²) in [7, 11) is 1.95. The van der Waals surface area contributed by atoms with Gasteiger partial charge in [-0.3, -0.25) is 4.79 Å². The van der Waals surface area contributed by atoms with Crippen LogP contribution < -0.4 is 5.32 Å². The predicted molar refractivity (Wildman–Crippen MR) is 98.1 cm³/mol. The summed E-state index contributed by atoms with van der Waals surface area (Å²) in [6.07, 6.45) is -4.83. The number of carbonyl (C=O) groups is 1. The standard InChI is InChI=1S/C19H21F4N5O/c1-26-6-8-27(9-7-26)18(29)15-11-17-24-14(12-2-4-13(20)5-3-12)10-16(19(21,22)23)28(17)25-15/h2-5,11,14,16,24H,6-10H2,1H3/t14-,16-/m1/s1. The van der Waals surface area contributed by atoms with Gasteiger partial charge in [0.25, 0.3) is 5.91 Å². The minimum atomic E-state index is -4.53. The van der Waals surface area contributed by atoms with Crippen molar-refractivity contribution < 1.29 is 22.4 Å². The summed E-state index contributed by atoms with van der Waals surface area (Å²) in [5.74, 6) is -0.700. The molecule has 1 aromatic heterocycles. The molecule has 6 nitrogen and oxygen atoms in total. The highest BCUT2D eigenvalue weighted by molar-refractivity contribution is 5.93. The zero-order valence-corrected chi connectivity index (χ0v) is 15.8. The number of alkyl halides is 3. The topological polar surface area (TPSA) is 53.4 Å². The SMILES string of the molecule is CN1CCN(C(=O)c2cc3n(n2)[C@@H](C(F)(F)F)C[C@H](c2ccc(F)cc2)N3)CC1. The molecule has 1 N–H and O–H groups in total. The van der Waals surface area contributed by atoms with Gasteiger partial charge in [-0.15, -0.1) is 0 Å². The third-order valence-corrected chi connectivity index (χ3v) is 5.47. The Morgan fingerprint density at radius 3 is 2.41 bits per heavy atom. The van der Waals surface area contributed by atoms with E-state index in [-0.39, 0.29) is 23.8 Å². The number of rotatable bonds is 2. The van der Waals surface area contributed by atoms with Gasteiger partial charge in [0, 0.05) is 38.7 Å². The van der Waals surface area contributed by atoms with Crippen molar-refractivity contribution in [3.63, 3.8) is 0 Å². The lowest BCUT2D eigenvalue weighted by Gasteiger charge is -2.33. The highest BCUT2D eigenvalue weighted by Gasteiger charge is 2.47. The van der Waals surface area contributed by atoms with Gasteiger partial charge in [-0.05, 0) is 24.7 Å². The van der Waals surface area contributed by atoms with Crippen LogP contribution in [-0.4, -0.2) is 64.9 Å². The van der Waals surface area contributed by atoms with Gasteiger partial charge in [0.15, 0.2) is 11.7 Å². The molecule has 0 aliphatic carbocycles. The molecule has 3 heterocycles. The molecule has 0 spiro atoms. The van der Waals surface area contributed by atoms with E-state index in [0.717, 1.165) is 4.68 Å². The van der Waals surface area contributed by atoms with Crippen LogP contribution in [0.15, 0.2) is 30.3 Å². The number of hydrogen-bond donors (Lipinski definition) is 1. The number of benzene rings is 1. The predicted octanol–water partition coefficient (Wildman–Crippen LogP) is 3.07. The summed E-state index contributed by atoms with van der Waals surface area (Å²) in [6, 6.07) is 4.18. The molecule has 1 fully saturated rings. The number of nitrogens with one attached hydrogen (secondary N) is 1. The minimum absolute atomic E-state index is 0.00828. The van der Waals surface area contributed by atoms with E-state index in [2.05, 4.69) is 15.3 Å². The number of piperazine rings is 1. The quantitative estimate of drug-likeness (QED) is 0.772. The number of carbonyl (C=O) groups excluding carboxylic acids is 1. The largest absolute Gasteiger partial charge is 0.410 e. The molecular formula is C19H21F4N5O. The van der Waals surface area contributed by atoms with Crippen molar-refractivity contribution in [3.05, 3.63) is 47.4 Å². The van der Waals surface area contributed by atoms with E-state index < -0.39 is 24.1 Å². The normalized spacial score (nSPS) is 22.9. The summed E-state index contributed by atoms with van der Waals surface area (Å²) in [4.78, 5) is 16.4. The van der Waals surface area contributed by atoms with Crippen molar-refractivity contribution in [1.82, 2.24) is 19.6 Å². The highest BCUT2D eigenvalue weighted by Crippen LogP contribution is 2.43. The minimum Gasteiger partial charge on any atom is -0.363 e. The zero-order chi connectivity index (χ0) is 20.8. The number of nitrogens with zero attached hydrogens (tertiary/aromatic N) is 4. The summed E-state index contributed by atoms with van der Waals surface area (Å²) < 4.78 is 55.2. The Hall–Kier alpha value is -2.62. The first-order chi connectivity index (χ1) is 13.7. The Labute approximate surface area is 165 Å². The molecule has 0 radical (unpaired) electrons. The number of hydrogen-bond acceptors (Lipinski definition) is 4. The van der Waals surface area contributed by atoms with Crippen molar-refractivity contribution in [3.8, 4) is 0 Å². The Bertz CT molecular complexity index is 887. The summed E-state index contributed by atoms with van der Waals surface area (Å²) in [5, 5.41) is 7.02. The number of halogens is 4. The van der Waals surface area contributed by atoms with Crippen LogP contribution in [0.3, 0.4) is 0 Å². The third-order valence-electron chi connectivity index (χ3n) is 5.47. The molecule has 1 amide bonds. The third kappa shape index (κ3) is 3.93. The van der Waals surface area contributed by atoms with E-state index in [9.17, 15) is 22.4 Å².